The fraction of sp³-hybridized carbons (Fsp3) is 0.0690. The number of anilines is 6. The first-order chi connectivity index (χ1) is 31.9. The van der Waals surface area contributed by atoms with Gasteiger partial charge in [-0.3, -0.25) is 0 Å². The summed E-state index contributed by atoms with van der Waals surface area (Å²) >= 11 is 0. The van der Waals surface area contributed by atoms with Crippen LogP contribution in [-0.2, 0) is 0 Å². The molecule has 10 aromatic rings. The third-order valence-corrected chi connectivity index (χ3v) is 12.5. The Morgan fingerprint density at radius 1 is 0.394 bits per heavy atom. The van der Waals surface area contributed by atoms with Crippen LogP contribution in [-0.4, -0.2) is 0 Å². The zero-order valence-electron chi connectivity index (χ0n) is 36.3. The summed E-state index contributed by atoms with van der Waals surface area (Å²) in [7, 11) is 0. The van der Waals surface area contributed by atoms with E-state index in [1.807, 2.05) is 113 Å². The zero-order chi connectivity index (χ0) is 46.0. The highest BCUT2D eigenvalue weighted by atomic mass is 19.1. The number of nitriles is 2. The predicted molar refractivity (Wildman–Crippen MR) is 259 cm³/mol. The molecule has 8 heteroatoms. The molecule has 0 aromatic heterocycles. The molecule has 0 aliphatic rings. The Hall–Kier alpha value is -8.46. The van der Waals surface area contributed by atoms with Crippen LogP contribution in [0.1, 0.15) is 33.4 Å². The van der Waals surface area contributed by atoms with E-state index in [0.29, 0.717) is 56.1 Å². The largest absolute Gasteiger partial charge is 0.307 e. The molecule has 10 aromatic carbocycles. The Kier molecular flexibility index (Phi) is 10.2. The predicted octanol–water partition coefficient (Wildman–Crippen LogP) is 16.4. The number of benzene rings is 10. The SMILES string of the molecule is Cc1ccc(C)c(-c2cc(F)cc(F)c2N(c2ccc(C#N)cc2)c2ccc3ccc4c(N(c5ccc(C#N)cc5)c5c(F)cc(F)cc5-c5cc(C)ccc5C)ccc5ccc2c3c54)c1. The fourth-order valence-corrected chi connectivity index (χ4v) is 9.36. The van der Waals surface area contributed by atoms with Crippen molar-refractivity contribution < 1.29 is 17.6 Å². The molecule has 0 N–H and O–H groups in total. The Bertz CT molecular complexity index is 3420. The molecule has 0 fully saturated rings. The Balaban J connectivity index is 1.28. The zero-order valence-corrected chi connectivity index (χ0v) is 36.3. The van der Waals surface area contributed by atoms with Gasteiger partial charge in [-0.05, 0) is 144 Å². The van der Waals surface area contributed by atoms with E-state index in [-0.39, 0.29) is 11.4 Å². The minimum absolute atomic E-state index is 0.128. The highest BCUT2D eigenvalue weighted by Crippen LogP contribution is 2.51. The van der Waals surface area contributed by atoms with Crippen molar-refractivity contribution in [2.24, 2.45) is 0 Å². The van der Waals surface area contributed by atoms with Gasteiger partial charge in [0.05, 0.1) is 46.0 Å². The maximum absolute atomic E-state index is 17.0. The van der Waals surface area contributed by atoms with Crippen LogP contribution in [0.2, 0.25) is 0 Å². The molecule has 0 bridgehead atoms. The normalized spacial score (nSPS) is 11.3. The molecule has 0 heterocycles. The van der Waals surface area contributed by atoms with Crippen LogP contribution in [0.3, 0.4) is 0 Å². The van der Waals surface area contributed by atoms with Crippen LogP contribution in [0.15, 0.2) is 158 Å². The minimum Gasteiger partial charge on any atom is -0.307 e. The molecule has 0 saturated carbocycles. The molecular weight excluding hydrogens is 829 g/mol. The van der Waals surface area contributed by atoms with E-state index in [2.05, 4.69) is 12.1 Å². The van der Waals surface area contributed by atoms with Gasteiger partial charge in [0.15, 0.2) is 11.6 Å². The maximum atomic E-state index is 17.0. The highest BCUT2D eigenvalue weighted by Gasteiger charge is 2.29. The second kappa shape index (κ2) is 16.3. The topological polar surface area (TPSA) is 54.1 Å². The van der Waals surface area contributed by atoms with Gasteiger partial charge in [0.2, 0.25) is 0 Å². The standard InChI is InChI=1S/C58H38F4N4/c1-33-5-7-35(3)47(25-33)49-27-41(59)29-51(61)57(49)65(43-17-9-37(31-63)10-18-43)53-23-15-39-14-22-46-54(24-16-40-13-21-45(53)55(39)56(40)46)66(44-19-11-38(32-64)12-20-44)58-50(28-42(60)30-52(58)62)48-26-34(2)6-8-36(48)4/h5-30H,1-4H3. The van der Waals surface area contributed by atoms with Crippen molar-refractivity contribution in [3.8, 4) is 34.4 Å². The van der Waals surface area contributed by atoms with Crippen molar-refractivity contribution in [2.75, 3.05) is 9.80 Å². The van der Waals surface area contributed by atoms with E-state index >= 15 is 17.6 Å². The average molecular weight is 867 g/mol. The first-order valence-electron chi connectivity index (χ1n) is 21.4. The van der Waals surface area contributed by atoms with Crippen LogP contribution in [0, 0.1) is 73.6 Å². The van der Waals surface area contributed by atoms with Gasteiger partial charge in [-0.15, -0.1) is 0 Å². The van der Waals surface area contributed by atoms with Crippen molar-refractivity contribution in [1.82, 2.24) is 0 Å². The van der Waals surface area contributed by atoms with E-state index in [4.69, 9.17) is 0 Å². The summed E-state index contributed by atoms with van der Waals surface area (Å²) in [4.78, 5) is 3.57. The molecule has 0 aliphatic heterocycles. The number of aryl methyl sites for hydroxylation is 4. The summed E-state index contributed by atoms with van der Waals surface area (Å²) in [6, 6.07) is 49.9. The number of hydrogen-bond donors (Lipinski definition) is 0. The Morgan fingerprint density at radius 3 is 1.15 bits per heavy atom. The maximum Gasteiger partial charge on any atom is 0.150 e. The lowest BCUT2D eigenvalue weighted by atomic mass is 9.90. The van der Waals surface area contributed by atoms with Crippen LogP contribution >= 0.6 is 0 Å². The van der Waals surface area contributed by atoms with Crippen LogP contribution in [0.4, 0.5) is 51.7 Å². The molecule has 0 spiro atoms. The lowest BCUT2D eigenvalue weighted by Crippen LogP contribution is -2.15. The van der Waals surface area contributed by atoms with Gasteiger partial charge >= 0.3 is 0 Å². The van der Waals surface area contributed by atoms with Crippen LogP contribution in [0.5, 0.6) is 0 Å². The summed E-state index contributed by atoms with van der Waals surface area (Å²) in [6.45, 7) is 7.68. The molecule has 0 radical (unpaired) electrons. The third kappa shape index (κ3) is 7.01. The monoisotopic (exact) mass is 866 g/mol. The Labute approximate surface area is 379 Å². The van der Waals surface area contributed by atoms with Gasteiger partial charge < -0.3 is 9.80 Å². The van der Waals surface area contributed by atoms with Crippen molar-refractivity contribution in [3.05, 3.63) is 214 Å². The molecule has 0 atom stereocenters. The van der Waals surface area contributed by atoms with Gasteiger partial charge in [-0.1, -0.05) is 83.9 Å². The van der Waals surface area contributed by atoms with Crippen molar-refractivity contribution in [2.45, 2.75) is 27.7 Å². The number of halogens is 4. The van der Waals surface area contributed by atoms with Crippen molar-refractivity contribution >= 4 is 66.4 Å². The number of rotatable bonds is 8. The molecule has 66 heavy (non-hydrogen) atoms. The molecule has 0 unspecified atom stereocenters. The van der Waals surface area contributed by atoms with E-state index < -0.39 is 23.3 Å². The molecule has 318 valence electrons. The smallest absolute Gasteiger partial charge is 0.150 e. The van der Waals surface area contributed by atoms with Gasteiger partial charge in [-0.2, -0.15) is 10.5 Å². The van der Waals surface area contributed by atoms with Gasteiger partial charge in [0.25, 0.3) is 0 Å². The summed E-state index contributed by atoms with van der Waals surface area (Å²) in [5.74, 6) is -3.00. The number of nitrogens with zero attached hydrogens (tertiary/aromatic N) is 4. The lowest BCUT2D eigenvalue weighted by Gasteiger charge is -2.31. The average Bonchev–Trinajstić information content (AvgIpc) is 3.32. The fourth-order valence-electron chi connectivity index (χ4n) is 9.36. The molecular formula is C58H38F4N4. The van der Waals surface area contributed by atoms with Crippen LogP contribution < -0.4 is 9.80 Å². The third-order valence-electron chi connectivity index (χ3n) is 12.5. The van der Waals surface area contributed by atoms with Crippen molar-refractivity contribution in [1.29, 1.82) is 10.5 Å². The summed E-state index contributed by atoms with van der Waals surface area (Å²) in [5.41, 5.74) is 8.91. The highest BCUT2D eigenvalue weighted by molar-refractivity contribution is 6.28. The molecule has 10 rings (SSSR count). The van der Waals surface area contributed by atoms with Gasteiger partial charge in [0.1, 0.15) is 11.6 Å². The molecule has 0 aliphatic carbocycles. The quantitative estimate of drug-likeness (QED) is 0.113. The van der Waals surface area contributed by atoms with Crippen LogP contribution in [0.25, 0.3) is 54.6 Å². The van der Waals surface area contributed by atoms with E-state index in [0.717, 1.165) is 66.7 Å². The van der Waals surface area contributed by atoms with Crippen molar-refractivity contribution in [3.63, 3.8) is 0 Å². The molecule has 4 nitrogen and oxygen atoms in total. The van der Waals surface area contributed by atoms with E-state index in [1.165, 1.54) is 12.1 Å². The lowest BCUT2D eigenvalue weighted by molar-refractivity contribution is 0.584. The summed E-state index contributed by atoms with van der Waals surface area (Å²) < 4.78 is 64.8. The summed E-state index contributed by atoms with van der Waals surface area (Å²) in [6.07, 6.45) is 0. The van der Waals surface area contributed by atoms with Gasteiger partial charge in [-0.25, -0.2) is 17.6 Å². The second-order valence-electron chi connectivity index (χ2n) is 16.8. The molecule has 0 saturated heterocycles. The Morgan fingerprint density at radius 2 is 0.773 bits per heavy atom. The minimum atomic E-state index is -0.776. The van der Waals surface area contributed by atoms with E-state index in [9.17, 15) is 10.5 Å². The van der Waals surface area contributed by atoms with E-state index in [1.54, 1.807) is 58.3 Å². The summed E-state index contributed by atoms with van der Waals surface area (Å²) in [5, 5.41) is 24.5. The first-order valence-corrected chi connectivity index (χ1v) is 21.4. The first kappa shape index (κ1) is 41.5. The molecule has 0 amide bonds. The number of hydrogen-bond acceptors (Lipinski definition) is 4. The van der Waals surface area contributed by atoms with Gasteiger partial charge in [0, 0.05) is 45.4 Å². The second-order valence-corrected chi connectivity index (χ2v) is 16.8.